The van der Waals surface area contributed by atoms with Crippen molar-refractivity contribution >= 4 is 15.9 Å². The first kappa shape index (κ1) is 20.9. The molecule has 0 aliphatic carbocycles. The Morgan fingerprint density at radius 2 is 1.73 bits per heavy atom. The zero-order valence-corrected chi connectivity index (χ0v) is 16.7. The van der Waals surface area contributed by atoms with Gasteiger partial charge in [0.1, 0.15) is 0 Å². The van der Waals surface area contributed by atoms with Crippen molar-refractivity contribution in [3.63, 3.8) is 0 Å². The molecule has 7 heteroatoms. The van der Waals surface area contributed by atoms with Crippen molar-refractivity contribution in [3.8, 4) is 0 Å². The molecule has 2 rings (SSSR count). The lowest BCUT2D eigenvalue weighted by Crippen LogP contribution is -2.40. The van der Waals surface area contributed by atoms with Crippen LogP contribution in [0.25, 0.3) is 0 Å². The molecular formula is C19H30N2O4S. The highest BCUT2D eigenvalue weighted by atomic mass is 32.2. The molecule has 1 aliphatic heterocycles. The number of rotatable bonds is 8. The molecule has 1 amide bonds. The Hall–Kier alpha value is -1.44. The number of carbonyl (C=O) groups is 1. The lowest BCUT2D eigenvalue weighted by molar-refractivity contribution is 0.0730. The summed E-state index contributed by atoms with van der Waals surface area (Å²) in [6, 6.07) is 6.25. The minimum atomic E-state index is -3.53. The van der Waals surface area contributed by atoms with Crippen LogP contribution in [-0.4, -0.2) is 51.0 Å². The predicted octanol–water partition coefficient (Wildman–Crippen LogP) is 2.65. The number of amides is 1. The molecule has 1 fully saturated rings. The van der Waals surface area contributed by atoms with Crippen LogP contribution in [-0.2, 0) is 14.8 Å². The average Bonchev–Trinajstić information content (AvgIpc) is 2.62. The highest BCUT2D eigenvalue weighted by molar-refractivity contribution is 7.89. The van der Waals surface area contributed by atoms with Crippen molar-refractivity contribution in [3.05, 3.63) is 29.8 Å². The van der Waals surface area contributed by atoms with Crippen LogP contribution < -0.4 is 5.32 Å². The molecule has 0 saturated carbocycles. The number of sulfonamides is 1. The number of hydrogen-bond acceptors (Lipinski definition) is 4. The largest absolute Gasteiger partial charge is 0.379 e. The maximum absolute atomic E-state index is 12.6. The quantitative estimate of drug-likeness (QED) is 0.750. The third-order valence-electron chi connectivity index (χ3n) is 4.52. The van der Waals surface area contributed by atoms with E-state index < -0.39 is 10.0 Å². The Balaban J connectivity index is 1.94. The fourth-order valence-corrected chi connectivity index (χ4v) is 4.33. The van der Waals surface area contributed by atoms with Crippen molar-refractivity contribution in [1.29, 1.82) is 0 Å². The number of nitrogens with zero attached hydrogens (tertiary/aromatic N) is 1. The van der Waals surface area contributed by atoms with Crippen molar-refractivity contribution in [2.24, 2.45) is 5.92 Å². The van der Waals surface area contributed by atoms with Crippen LogP contribution in [0.1, 0.15) is 50.4 Å². The number of carbonyl (C=O) groups excluding carboxylic acids is 1. The third-order valence-corrected chi connectivity index (χ3v) is 6.43. The summed E-state index contributed by atoms with van der Waals surface area (Å²) in [5.41, 5.74) is 0.474. The van der Waals surface area contributed by atoms with Crippen molar-refractivity contribution < 1.29 is 17.9 Å². The van der Waals surface area contributed by atoms with Gasteiger partial charge >= 0.3 is 0 Å². The van der Waals surface area contributed by atoms with Gasteiger partial charge in [0.05, 0.1) is 18.1 Å². The van der Waals surface area contributed by atoms with E-state index in [1.54, 1.807) is 12.1 Å². The summed E-state index contributed by atoms with van der Waals surface area (Å²) in [6.45, 7) is 7.92. The number of nitrogens with one attached hydrogen (secondary N) is 1. The summed E-state index contributed by atoms with van der Waals surface area (Å²) in [6.07, 6.45) is 3.16. The second-order valence-corrected chi connectivity index (χ2v) is 9.18. The third kappa shape index (κ3) is 5.79. The minimum Gasteiger partial charge on any atom is -0.379 e. The standard InChI is InChI=1S/C19H30N2O4S/c1-15(2)5-4-6-16(3)20-19(22)17-7-9-18(10-8-17)26(23,24)21-11-13-25-14-12-21/h7-10,15-16H,4-6,11-14H2,1-3H3,(H,20,22)/t16-/m1/s1. The molecule has 6 nitrogen and oxygen atoms in total. The normalized spacial score (nSPS) is 17.2. The second kappa shape index (κ2) is 9.48. The molecule has 26 heavy (non-hydrogen) atoms. The molecule has 0 unspecified atom stereocenters. The first-order chi connectivity index (χ1) is 12.3. The number of benzene rings is 1. The second-order valence-electron chi connectivity index (χ2n) is 7.24. The van der Waals surface area contributed by atoms with Gasteiger partial charge in [-0.05, 0) is 43.5 Å². The minimum absolute atomic E-state index is 0.0954. The van der Waals surface area contributed by atoms with Crippen LogP contribution >= 0.6 is 0 Å². The molecular weight excluding hydrogens is 352 g/mol. The first-order valence-corrected chi connectivity index (χ1v) is 10.7. The summed E-state index contributed by atoms with van der Waals surface area (Å²) in [7, 11) is -3.53. The molecule has 1 atom stereocenters. The molecule has 146 valence electrons. The van der Waals surface area contributed by atoms with Gasteiger partial charge in [-0.3, -0.25) is 4.79 Å². The Morgan fingerprint density at radius 1 is 1.12 bits per heavy atom. The van der Waals surface area contributed by atoms with Gasteiger partial charge in [-0.1, -0.05) is 26.7 Å². The summed E-state index contributed by atoms with van der Waals surface area (Å²) in [5, 5.41) is 2.98. The lowest BCUT2D eigenvalue weighted by Gasteiger charge is -2.26. The topological polar surface area (TPSA) is 75.7 Å². The summed E-state index contributed by atoms with van der Waals surface area (Å²) in [4.78, 5) is 12.5. The first-order valence-electron chi connectivity index (χ1n) is 9.29. The average molecular weight is 383 g/mol. The Labute approximate surface area is 157 Å². The number of ether oxygens (including phenoxy) is 1. The Bertz CT molecular complexity index is 680. The van der Waals surface area contributed by atoms with Gasteiger partial charge in [0, 0.05) is 24.7 Å². The van der Waals surface area contributed by atoms with Crippen molar-refractivity contribution in [2.75, 3.05) is 26.3 Å². The SMILES string of the molecule is CC(C)CCC[C@@H](C)NC(=O)c1ccc(S(=O)(=O)N2CCOCC2)cc1. The fraction of sp³-hybridized carbons (Fsp3) is 0.632. The van der Waals surface area contributed by atoms with E-state index in [0.717, 1.165) is 19.3 Å². The van der Waals surface area contributed by atoms with Gasteiger partial charge in [-0.15, -0.1) is 0 Å². The molecule has 1 heterocycles. The summed E-state index contributed by atoms with van der Waals surface area (Å²) in [5.74, 6) is 0.497. The Morgan fingerprint density at radius 3 is 2.31 bits per heavy atom. The van der Waals surface area contributed by atoms with Crippen molar-refractivity contribution in [1.82, 2.24) is 9.62 Å². The fourth-order valence-electron chi connectivity index (χ4n) is 2.93. The van der Waals surface area contributed by atoms with E-state index in [2.05, 4.69) is 19.2 Å². The van der Waals surface area contributed by atoms with Crippen LogP contribution in [0.2, 0.25) is 0 Å². The molecule has 1 aliphatic rings. The van der Waals surface area contributed by atoms with E-state index in [1.807, 2.05) is 6.92 Å². The van der Waals surface area contributed by atoms with Crippen molar-refractivity contribution in [2.45, 2.75) is 51.0 Å². The molecule has 0 aromatic heterocycles. The Kier molecular flexibility index (Phi) is 7.61. The van der Waals surface area contributed by atoms with E-state index in [9.17, 15) is 13.2 Å². The number of morpholine rings is 1. The molecule has 1 saturated heterocycles. The van der Waals surface area contributed by atoms with E-state index in [-0.39, 0.29) is 16.8 Å². The predicted molar refractivity (Wildman–Crippen MR) is 102 cm³/mol. The van der Waals surface area contributed by atoms with Crippen LogP contribution in [0.5, 0.6) is 0 Å². The van der Waals surface area contributed by atoms with Crippen LogP contribution in [0.15, 0.2) is 29.2 Å². The van der Waals surface area contributed by atoms with Gasteiger partial charge in [0.2, 0.25) is 10.0 Å². The van der Waals surface area contributed by atoms with Crippen LogP contribution in [0.3, 0.4) is 0 Å². The van der Waals surface area contributed by atoms with Gasteiger partial charge in [0.15, 0.2) is 0 Å². The van der Waals surface area contributed by atoms with E-state index in [4.69, 9.17) is 4.74 Å². The van der Waals surface area contributed by atoms with Crippen LogP contribution in [0.4, 0.5) is 0 Å². The van der Waals surface area contributed by atoms with Gasteiger partial charge in [-0.25, -0.2) is 8.42 Å². The zero-order valence-electron chi connectivity index (χ0n) is 15.9. The highest BCUT2D eigenvalue weighted by Gasteiger charge is 2.26. The molecule has 0 spiro atoms. The molecule has 0 radical (unpaired) electrons. The van der Waals surface area contributed by atoms with Gasteiger partial charge in [0.25, 0.3) is 5.91 Å². The monoisotopic (exact) mass is 382 g/mol. The summed E-state index contributed by atoms with van der Waals surface area (Å²) >= 11 is 0. The molecule has 1 N–H and O–H groups in total. The molecule has 1 aromatic rings. The summed E-state index contributed by atoms with van der Waals surface area (Å²) < 4.78 is 31.8. The van der Waals surface area contributed by atoms with E-state index in [0.29, 0.717) is 37.8 Å². The maximum atomic E-state index is 12.6. The van der Waals surface area contributed by atoms with Gasteiger partial charge in [-0.2, -0.15) is 4.31 Å². The zero-order chi connectivity index (χ0) is 19.2. The lowest BCUT2D eigenvalue weighted by atomic mass is 10.0. The number of hydrogen-bond donors (Lipinski definition) is 1. The van der Waals surface area contributed by atoms with E-state index >= 15 is 0 Å². The molecule has 0 bridgehead atoms. The van der Waals surface area contributed by atoms with Crippen LogP contribution in [0, 0.1) is 5.92 Å². The van der Waals surface area contributed by atoms with Gasteiger partial charge < -0.3 is 10.1 Å². The van der Waals surface area contributed by atoms with E-state index in [1.165, 1.54) is 16.4 Å². The maximum Gasteiger partial charge on any atom is 0.251 e. The highest BCUT2D eigenvalue weighted by Crippen LogP contribution is 2.18. The smallest absolute Gasteiger partial charge is 0.251 e. The molecule has 1 aromatic carbocycles.